The summed E-state index contributed by atoms with van der Waals surface area (Å²) >= 11 is 0. The lowest BCUT2D eigenvalue weighted by Crippen LogP contribution is -2.13. The molecule has 0 radical (unpaired) electrons. The van der Waals surface area contributed by atoms with Crippen LogP contribution in [0.25, 0.3) is 11.1 Å². The zero-order valence-electron chi connectivity index (χ0n) is 12.9. The highest BCUT2D eigenvalue weighted by Crippen LogP contribution is 2.29. The van der Waals surface area contributed by atoms with E-state index in [1.807, 2.05) is 13.0 Å². The fourth-order valence-electron chi connectivity index (χ4n) is 2.39. The highest BCUT2D eigenvalue weighted by atomic mass is 19.1. The smallest absolute Gasteiger partial charge is 0.134 e. The number of ether oxygens (including phenoxy) is 1. The van der Waals surface area contributed by atoms with Crippen LogP contribution < -0.4 is 10.1 Å². The summed E-state index contributed by atoms with van der Waals surface area (Å²) in [6, 6.07) is 11.1. The second-order valence-electron chi connectivity index (χ2n) is 5.17. The second kappa shape index (κ2) is 7.23. The van der Waals surface area contributed by atoms with Gasteiger partial charge in [-0.15, -0.1) is 0 Å². The van der Waals surface area contributed by atoms with E-state index < -0.39 is 0 Å². The van der Waals surface area contributed by atoms with Crippen LogP contribution in [0.3, 0.4) is 0 Å². The Kier molecular flexibility index (Phi) is 5.34. The van der Waals surface area contributed by atoms with E-state index in [0.29, 0.717) is 11.3 Å². The molecule has 0 amide bonds. The van der Waals surface area contributed by atoms with Gasteiger partial charge >= 0.3 is 0 Å². The summed E-state index contributed by atoms with van der Waals surface area (Å²) in [6.45, 7) is 6.02. The normalized spacial score (nSPS) is 10.7. The van der Waals surface area contributed by atoms with E-state index >= 15 is 0 Å². The predicted octanol–water partition coefficient (Wildman–Crippen LogP) is 4.31. The van der Waals surface area contributed by atoms with Crippen LogP contribution in [0.1, 0.15) is 24.5 Å². The molecule has 0 atom stereocenters. The molecule has 2 nitrogen and oxygen atoms in total. The number of rotatable bonds is 6. The molecule has 0 saturated heterocycles. The van der Waals surface area contributed by atoms with Crippen molar-refractivity contribution in [3.05, 3.63) is 53.3 Å². The van der Waals surface area contributed by atoms with Gasteiger partial charge in [-0.05, 0) is 48.7 Å². The maximum absolute atomic E-state index is 14.2. The van der Waals surface area contributed by atoms with E-state index in [1.165, 1.54) is 18.7 Å². The third-order valence-electron chi connectivity index (χ3n) is 3.51. The van der Waals surface area contributed by atoms with Crippen LogP contribution in [0.15, 0.2) is 36.4 Å². The van der Waals surface area contributed by atoms with Crippen molar-refractivity contribution in [1.29, 1.82) is 0 Å². The number of methoxy groups -OCH3 is 1. The molecule has 0 aromatic heterocycles. The molecule has 0 aliphatic heterocycles. The van der Waals surface area contributed by atoms with Gasteiger partial charge in [0.05, 0.1) is 7.11 Å². The molecule has 0 unspecified atom stereocenters. The van der Waals surface area contributed by atoms with Gasteiger partial charge in [-0.25, -0.2) is 4.39 Å². The maximum atomic E-state index is 14.2. The van der Waals surface area contributed by atoms with E-state index in [-0.39, 0.29) is 5.82 Å². The van der Waals surface area contributed by atoms with Crippen molar-refractivity contribution in [2.45, 2.75) is 26.8 Å². The molecule has 112 valence electrons. The van der Waals surface area contributed by atoms with Gasteiger partial charge in [0.25, 0.3) is 0 Å². The van der Waals surface area contributed by atoms with Crippen molar-refractivity contribution in [2.75, 3.05) is 13.7 Å². The average Bonchev–Trinajstić information content (AvgIpc) is 2.48. The van der Waals surface area contributed by atoms with Crippen LogP contribution in [0, 0.1) is 12.7 Å². The minimum absolute atomic E-state index is 0.255. The van der Waals surface area contributed by atoms with E-state index in [9.17, 15) is 4.39 Å². The largest absolute Gasteiger partial charge is 0.497 e. The zero-order valence-corrected chi connectivity index (χ0v) is 12.9. The molecule has 0 fully saturated rings. The van der Waals surface area contributed by atoms with Crippen molar-refractivity contribution in [2.24, 2.45) is 0 Å². The molecule has 3 heteroatoms. The molecule has 0 aliphatic carbocycles. The Labute approximate surface area is 126 Å². The third-order valence-corrected chi connectivity index (χ3v) is 3.51. The lowest BCUT2D eigenvalue weighted by molar-refractivity contribution is 0.411. The van der Waals surface area contributed by atoms with Gasteiger partial charge in [-0.3, -0.25) is 0 Å². The van der Waals surface area contributed by atoms with Crippen molar-refractivity contribution in [1.82, 2.24) is 5.32 Å². The maximum Gasteiger partial charge on any atom is 0.134 e. The van der Waals surface area contributed by atoms with Gasteiger partial charge in [0.2, 0.25) is 0 Å². The molecule has 0 bridgehead atoms. The highest BCUT2D eigenvalue weighted by Gasteiger charge is 2.09. The molecule has 2 aromatic rings. The lowest BCUT2D eigenvalue weighted by Gasteiger charge is -2.11. The van der Waals surface area contributed by atoms with Crippen LogP contribution in [0.5, 0.6) is 5.75 Å². The third kappa shape index (κ3) is 3.82. The summed E-state index contributed by atoms with van der Waals surface area (Å²) in [7, 11) is 1.54. The molecule has 1 N–H and O–H groups in total. The van der Waals surface area contributed by atoms with Gasteiger partial charge in [0.15, 0.2) is 0 Å². The first-order valence-corrected chi connectivity index (χ1v) is 7.30. The molecule has 0 heterocycles. The second-order valence-corrected chi connectivity index (χ2v) is 5.17. The topological polar surface area (TPSA) is 21.3 Å². The molecule has 21 heavy (non-hydrogen) atoms. The van der Waals surface area contributed by atoms with Crippen LogP contribution >= 0.6 is 0 Å². The van der Waals surface area contributed by atoms with Crippen LogP contribution in [-0.2, 0) is 6.54 Å². The van der Waals surface area contributed by atoms with Gasteiger partial charge in [-0.1, -0.05) is 25.1 Å². The summed E-state index contributed by atoms with van der Waals surface area (Å²) in [5.41, 5.74) is 3.84. The Morgan fingerprint density at radius 3 is 2.48 bits per heavy atom. The van der Waals surface area contributed by atoms with Crippen LogP contribution in [-0.4, -0.2) is 13.7 Å². The molecular formula is C18H22FNO. The summed E-state index contributed by atoms with van der Waals surface area (Å²) in [5.74, 6) is 0.281. The van der Waals surface area contributed by atoms with Crippen molar-refractivity contribution >= 4 is 0 Å². The van der Waals surface area contributed by atoms with Gasteiger partial charge in [0, 0.05) is 18.2 Å². The Morgan fingerprint density at radius 2 is 1.86 bits per heavy atom. The number of aryl methyl sites for hydroxylation is 1. The Hall–Kier alpha value is -1.87. The van der Waals surface area contributed by atoms with E-state index in [1.54, 1.807) is 12.1 Å². The predicted molar refractivity (Wildman–Crippen MR) is 85.1 cm³/mol. The quantitative estimate of drug-likeness (QED) is 0.799. The Balaban J connectivity index is 2.24. The van der Waals surface area contributed by atoms with Gasteiger partial charge in [0.1, 0.15) is 11.6 Å². The van der Waals surface area contributed by atoms with E-state index in [0.717, 1.165) is 30.6 Å². The number of nitrogens with one attached hydrogen (secondary N) is 1. The van der Waals surface area contributed by atoms with E-state index in [2.05, 4.69) is 24.4 Å². The van der Waals surface area contributed by atoms with Crippen molar-refractivity contribution in [3.8, 4) is 16.9 Å². The molecule has 2 aromatic carbocycles. The molecule has 0 spiro atoms. The van der Waals surface area contributed by atoms with Gasteiger partial charge in [-0.2, -0.15) is 0 Å². The first-order chi connectivity index (χ1) is 10.2. The standard InChI is InChI=1S/C18H22FNO/c1-4-9-20-12-14-5-7-16(13(2)10-14)17-8-6-15(21-3)11-18(17)19/h5-8,10-11,20H,4,9,12H2,1-3H3. The first kappa shape index (κ1) is 15.5. The fourth-order valence-corrected chi connectivity index (χ4v) is 2.39. The summed E-state index contributed by atoms with van der Waals surface area (Å²) in [6.07, 6.45) is 1.12. The van der Waals surface area contributed by atoms with Gasteiger partial charge < -0.3 is 10.1 Å². The number of halogens is 1. The molecule has 0 saturated carbocycles. The zero-order chi connectivity index (χ0) is 15.2. The Bertz CT molecular complexity index is 610. The Morgan fingerprint density at radius 1 is 1.10 bits per heavy atom. The lowest BCUT2D eigenvalue weighted by atomic mass is 9.98. The number of hydrogen-bond donors (Lipinski definition) is 1. The molecule has 2 rings (SSSR count). The van der Waals surface area contributed by atoms with E-state index in [4.69, 9.17) is 4.74 Å². The number of hydrogen-bond acceptors (Lipinski definition) is 2. The molecular weight excluding hydrogens is 265 g/mol. The number of benzene rings is 2. The monoisotopic (exact) mass is 287 g/mol. The summed E-state index contributed by atoms with van der Waals surface area (Å²) in [4.78, 5) is 0. The minimum Gasteiger partial charge on any atom is -0.497 e. The summed E-state index contributed by atoms with van der Waals surface area (Å²) in [5, 5.41) is 3.37. The average molecular weight is 287 g/mol. The van der Waals surface area contributed by atoms with Crippen molar-refractivity contribution < 1.29 is 9.13 Å². The molecule has 0 aliphatic rings. The van der Waals surface area contributed by atoms with Crippen molar-refractivity contribution in [3.63, 3.8) is 0 Å². The SMILES string of the molecule is CCCNCc1ccc(-c2ccc(OC)cc2F)c(C)c1. The fraction of sp³-hybridized carbons (Fsp3) is 0.333. The van der Waals surface area contributed by atoms with Crippen LogP contribution in [0.4, 0.5) is 4.39 Å². The first-order valence-electron chi connectivity index (χ1n) is 7.30. The van der Waals surface area contributed by atoms with Crippen LogP contribution in [0.2, 0.25) is 0 Å². The summed E-state index contributed by atoms with van der Waals surface area (Å²) < 4.78 is 19.2. The highest BCUT2D eigenvalue weighted by molar-refractivity contribution is 5.68. The minimum atomic E-state index is -0.255.